The third-order valence-corrected chi connectivity index (χ3v) is 3.07. The third kappa shape index (κ3) is 3.77. The fourth-order valence-electron chi connectivity index (χ4n) is 1.84. The summed E-state index contributed by atoms with van der Waals surface area (Å²) in [6.07, 6.45) is 0. The molecule has 2 aromatic rings. The van der Waals surface area contributed by atoms with Crippen LogP contribution in [-0.4, -0.2) is 6.03 Å². The van der Waals surface area contributed by atoms with Gasteiger partial charge in [0.15, 0.2) is 29.1 Å². The van der Waals surface area contributed by atoms with Crippen LogP contribution in [0.15, 0.2) is 30.3 Å². The van der Waals surface area contributed by atoms with E-state index in [1.165, 1.54) is 13.0 Å². The molecule has 0 aliphatic carbocycles. The Morgan fingerprint density at radius 1 is 0.913 bits per heavy atom. The van der Waals surface area contributed by atoms with Crippen LogP contribution < -0.4 is 10.6 Å². The molecule has 0 spiro atoms. The van der Waals surface area contributed by atoms with Gasteiger partial charge in [-0.15, -0.1) is 0 Å². The Balaban J connectivity index is 2.07. The van der Waals surface area contributed by atoms with E-state index in [9.17, 15) is 26.7 Å². The number of hydrogen-bond acceptors (Lipinski definition) is 1. The van der Waals surface area contributed by atoms with E-state index in [1.807, 2.05) is 5.32 Å². The average molecular weight is 330 g/mol. The SMILES string of the molecule is C[C@@H](NC(=O)Nc1ccc(F)c(F)c1F)c1ccc(F)c(F)c1. The Labute approximate surface area is 128 Å². The van der Waals surface area contributed by atoms with Crippen molar-refractivity contribution in [2.24, 2.45) is 0 Å². The lowest BCUT2D eigenvalue weighted by Crippen LogP contribution is -2.31. The van der Waals surface area contributed by atoms with Gasteiger partial charge in [0, 0.05) is 0 Å². The van der Waals surface area contributed by atoms with Gasteiger partial charge >= 0.3 is 6.03 Å². The summed E-state index contributed by atoms with van der Waals surface area (Å²) in [5.74, 6) is -6.75. The lowest BCUT2D eigenvalue weighted by molar-refractivity contribution is 0.249. The smallest absolute Gasteiger partial charge is 0.319 e. The zero-order valence-corrected chi connectivity index (χ0v) is 11.8. The third-order valence-electron chi connectivity index (χ3n) is 3.07. The number of hydrogen-bond donors (Lipinski definition) is 2. The van der Waals surface area contributed by atoms with E-state index in [2.05, 4.69) is 5.32 Å². The van der Waals surface area contributed by atoms with Crippen molar-refractivity contribution in [2.75, 3.05) is 5.32 Å². The predicted molar refractivity (Wildman–Crippen MR) is 73.2 cm³/mol. The van der Waals surface area contributed by atoms with Gasteiger partial charge in [0.1, 0.15) is 0 Å². The standard InChI is InChI=1S/C15H11F5N2O/c1-7(8-2-3-9(16)11(18)6-8)21-15(23)22-12-5-4-10(17)13(19)14(12)20/h2-7H,1H3,(H2,21,22,23)/t7-/m1/s1. The second-order valence-electron chi connectivity index (χ2n) is 4.72. The number of carbonyl (C=O) groups excluding carboxylic acids is 1. The van der Waals surface area contributed by atoms with Crippen molar-refractivity contribution in [1.29, 1.82) is 0 Å². The summed E-state index contributed by atoms with van der Waals surface area (Å²) < 4.78 is 65.2. The first kappa shape index (κ1) is 16.7. The van der Waals surface area contributed by atoms with Gasteiger partial charge in [0.25, 0.3) is 0 Å². The van der Waals surface area contributed by atoms with Gasteiger partial charge in [-0.1, -0.05) is 6.07 Å². The molecule has 122 valence electrons. The molecule has 8 heteroatoms. The maximum atomic E-state index is 13.4. The van der Waals surface area contributed by atoms with Gasteiger partial charge in [-0.2, -0.15) is 0 Å². The molecule has 2 rings (SSSR count). The van der Waals surface area contributed by atoms with Gasteiger partial charge in [-0.25, -0.2) is 26.7 Å². The second kappa shape index (κ2) is 6.64. The van der Waals surface area contributed by atoms with Crippen LogP contribution >= 0.6 is 0 Å². The molecule has 0 unspecified atom stereocenters. The molecular formula is C15H11F5N2O. The minimum Gasteiger partial charge on any atom is -0.331 e. The second-order valence-corrected chi connectivity index (χ2v) is 4.72. The highest BCUT2D eigenvalue weighted by Crippen LogP contribution is 2.20. The summed E-state index contributed by atoms with van der Waals surface area (Å²) in [7, 11) is 0. The molecule has 3 nitrogen and oxygen atoms in total. The summed E-state index contributed by atoms with van der Waals surface area (Å²) in [5, 5.41) is 4.34. The Bertz CT molecular complexity index is 751. The Morgan fingerprint density at radius 2 is 1.57 bits per heavy atom. The van der Waals surface area contributed by atoms with Crippen molar-refractivity contribution in [3.05, 3.63) is 65.0 Å². The number of anilines is 1. The van der Waals surface area contributed by atoms with E-state index < -0.39 is 46.8 Å². The average Bonchev–Trinajstić information content (AvgIpc) is 2.50. The van der Waals surface area contributed by atoms with Crippen LogP contribution in [0.4, 0.5) is 32.4 Å². The molecule has 0 heterocycles. The molecule has 23 heavy (non-hydrogen) atoms. The van der Waals surface area contributed by atoms with E-state index in [0.717, 1.165) is 18.2 Å². The summed E-state index contributed by atoms with van der Waals surface area (Å²) in [6, 6.07) is 2.92. The van der Waals surface area contributed by atoms with Gasteiger partial charge in [-0.05, 0) is 36.8 Å². The zero-order valence-electron chi connectivity index (χ0n) is 11.8. The van der Waals surface area contributed by atoms with Crippen LogP contribution in [0, 0.1) is 29.1 Å². The fraction of sp³-hybridized carbons (Fsp3) is 0.133. The molecule has 0 aromatic heterocycles. The molecule has 0 saturated carbocycles. The molecule has 0 aliphatic rings. The van der Waals surface area contributed by atoms with E-state index >= 15 is 0 Å². The van der Waals surface area contributed by atoms with E-state index in [-0.39, 0.29) is 5.56 Å². The topological polar surface area (TPSA) is 41.1 Å². The number of amides is 2. The first-order valence-electron chi connectivity index (χ1n) is 6.45. The number of halogens is 5. The maximum Gasteiger partial charge on any atom is 0.319 e. The van der Waals surface area contributed by atoms with Crippen molar-refractivity contribution in [3.63, 3.8) is 0 Å². The molecule has 0 fully saturated rings. The number of urea groups is 1. The first-order valence-corrected chi connectivity index (χ1v) is 6.45. The van der Waals surface area contributed by atoms with E-state index in [0.29, 0.717) is 6.07 Å². The normalized spacial score (nSPS) is 11.9. The van der Waals surface area contributed by atoms with Gasteiger partial charge in [0.05, 0.1) is 11.7 Å². The summed E-state index contributed by atoms with van der Waals surface area (Å²) in [6.45, 7) is 1.48. The maximum absolute atomic E-state index is 13.4. The first-order chi connectivity index (χ1) is 10.8. The Morgan fingerprint density at radius 3 is 2.22 bits per heavy atom. The quantitative estimate of drug-likeness (QED) is 0.641. The Hall–Kier alpha value is -2.64. The molecule has 1 atom stereocenters. The molecule has 2 amide bonds. The molecule has 0 bridgehead atoms. The highest BCUT2D eigenvalue weighted by molar-refractivity contribution is 5.89. The van der Waals surface area contributed by atoms with Crippen LogP contribution in [0.25, 0.3) is 0 Å². The largest absolute Gasteiger partial charge is 0.331 e. The molecule has 0 radical (unpaired) electrons. The van der Waals surface area contributed by atoms with Crippen molar-refractivity contribution >= 4 is 11.7 Å². The van der Waals surface area contributed by atoms with E-state index in [4.69, 9.17) is 0 Å². The minimum absolute atomic E-state index is 0.268. The lowest BCUT2D eigenvalue weighted by atomic mass is 10.1. The van der Waals surface area contributed by atoms with Crippen LogP contribution in [0.2, 0.25) is 0 Å². The fourth-order valence-corrected chi connectivity index (χ4v) is 1.84. The number of carbonyl (C=O) groups is 1. The molecular weight excluding hydrogens is 319 g/mol. The van der Waals surface area contributed by atoms with Gasteiger partial charge in [0.2, 0.25) is 0 Å². The van der Waals surface area contributed by atoms with E-state index in [1.54, 1.807) is 0 Å². The van der Waals surface area contributed by atoms with Crippen LogP contribution in [0.3, 0.4) is 0 Å². The van der Waals surface area contributed by atoms with Gasteiger partial charge < -0.3 is 10.6 Å². The Kier molecular flexibility index (Phi) is 4.83. The van der Waals surface area contributed by atoms with Crippen molar-refractivity contribution in [3.8, 4) is 0 Å². The van der Waals surface area contributed by atoms with Crippen molar-refractivity contribution in [1.82, 2.24) is 5.32 Å². The summed E-state index contributed by atoms with van der Waals surface area (Å²) >= 11 is 0. The number of nitrogens with one attached hydrogen (secondary N) is 2. The van der Waals surface area contributed by atoms with Gasteiger partial charge in [-0.3, -0.25) is 0 Å². The van der Waals surface area contributed by atoms with Crippen LogP contribution in [0.1, 0.15) is 18.5 Å². The van der Waals surface area contributed by atoms with Crippen LogP contribution in [-0.2, 0) is 0 Å². The molecule has 0 aliphatic heterocycles. The summed E-state index contributed by atoms with van der Waals surface area (Å²) in [4.78, 5) is 11.7. The predicted octanol–water partition coefficient (Wildman–Crippen LogP) is 4.26. The van der Waals surface area contributed by atoms with Crippen LogP contribution in [0.5, 0.6) is 0 Å². The number of rotatable bonds is 3. The van der Waals surface area contributed by atoms with Crippen molar-refractivity contribution in [2.45, 2.75) is 13.0 Å². The molecule has 2 aromatic carbocycles. The summed E-state index contributed by atoms with van der Waals surface area (Å²) in [5.41, 5.74) is -0.288. The highest BCUT2D eigenvalue weighted by atomic mass is 19.2. The van der Waals surface area contributed by atoms with Crippen molar-refractivity contribution < 1.29 is 26.7 Å². The zero-order chi connectivity index (χ0) is 17.1. The molecule has 0 saturated heterocycles. The minimum atomic E-state index is -1.71. The monoisotopic (exact) mass is 330 g/mol. The highest BCUT2D eigenvalue weighted by Gasteiger charge is 2.17. The number of benzene rings is 2. The molecule has 2 N–H and O–H groups in total. The lowest BCUT2D eigenvalue weighted by Gasteiger charge is -2.15.